The third-order valence-electron chi connectivity index (χ3n) is 4.17. The first-order chi connectivity index (χ1) is 9.74. The summed E-state index contributed by atoms with van der Waals surface area (Å²) in [5.74, 6) is 0.759. The van der Waals surface area contributed by atoms with Crippen molar-refractivity contribution in [3.8, 4) is 0 Å². The van der Waals surface area contributed by atoms with Crippen molar-refractivity contribution in [2.24, 2.45) is 5.92 Å². The van der Waals surface area contributed by atoms with Crippen molar-refractivity contribution in [3.05, 3.63) is 33.8 Å². The Bertz CT molecular complexity index is 462. The highest BCUT2D eigenvalue weighted by Gasteiger charge is 2.24. The lowest BCUT2D eigenvalue weighted by Gasteiger charge is -2.17. The van der Waals surface area contributed by atoms with Crippen molar-refractivity contribution in [2.45, 2.75) is 37.8 Å². The van der Waals surface area contributed by atoms with Gasteiger partial charge in [-0.1, -0.05) is 28.1 Å². The monoisotopic (exact) mass is 339 g/mol. The zero-order valence-corrected chi connectivity index (χ0v) is 13.2. The number of nitrogens with one attached hydrogen (secondary N) is 1. The van der Waals surface area contributed by atoms with Crippen molar-refractivity contribution in [2.75, 3.05) is 19.8 Å². The summed E-state index contributed by atoms with van der Waals surface area (Å²) in [5, 5.41) is 13.4. The van der Waals surface area contributed by atoms with Gasteiger partial charge in [-0.05, 0) is 48.8 Å². The highest BCUT2D eigenvalue weighted by molar-refractivity contribution is 9.10. The lowest BCUT2D eigenvalue weighted by Crippen LogP contribution is -2.32. The van der Waals surface area contributed by atoms with Crippen molar-refractivity contribution >= 4 is 15.9 Å². The van der Waals surface area contributed by atoms with Gasteiger partial charge in [0.2, 0.25) is 0 Å². The van der Waals surface area contributed by atoms with E-state index in [1.165, 1.54) is 28.4 Å². The van der Waals surface area contributed by atoms with Gasteiger partial charge in [0.25, 0.3) is 0 Å². The highest BCUT2D eigenvalue weighted by Crippen LogP contribution is 2.35. The predicted octanol–water partition coefficient (Wildman–Crippen LogP) is 2.81. The number of hydrogen-bond donors (Lipinski definition) is 2. The molecule has 0 bridgehead atoms. The molecule has 0 amide bonds. The molecule has 0 aliphatic heterocycles. The van der Waals surface area contributed by atoms with Gasteiger partial charge in [-0.15, -0.1) is 0 Å². The van der Waals surface area contributed by atoms with Crippen LogP contribution in [0.1, 0.15) is 36.4 Å². The van der Waals surface area contributed by atoms with Gasteiger partial charge in [0.05, 0.1) is 12.7 Å². The normalized spacial score (nSPS) is 22.8. The van der Waals surface area contributed by atoms with Crippen LogP contribution in [0, 0.1) is 5.92 Å². The van der Waals surface area contributed by atoms with Gasteiger partial charge in [0.15, 0.2) is 0 Å². The SMILES string of the molecule is OC(CNC1CCc2c(Br)cccc21)COCC1CC1. The first-order valence-corrected chi connectivity index (χ1v) is 8.30. The minimum absolute atomic E-state index is 0.362. The second-order valence-electron chi connectivity index (χ2n) is 5.94. The second kappa shape index (κ2) is 6.56. The quantitative estimate of drug-likeness (QED) is 0.802. The molecular formula is C16H22BrNO2. The van der Waals surface area contributed by atoms with Crippen LogP contribution < -0.4 is 5.32 Å². The lowest BCUT2D eigenvalue weighted by molar-refractivity contribution is 0.0312. The Morgan fingerprint density at radius 3 is 3.00 bits per heavy atom. The minimum atomic E-state index is -0.412. The molecule has 2 N–H and O–H groups in total. The summed E-state index contributed by atoms with van der Waals surface area (Å²) in [5.41, 5.74) is 2.77. The van der Waals surface area contributed by atoms with Gasteiger partial charge in [-0.25, -0.2) is 0 Å². The third kappa shape index (κ3) is 3.61. The predicted molar refractivity (Wildman–Crippen MR) is 82.8 cm³/mol. The van der Waals surface area contributed by atoms with Crippen molar-refractivity contribution in [3.63, 3.8) is 0 Å². The molecule has 0 spiro atoms. The molecule has 3 rings (SSSR count). The zero-order valence-electron chi connectivity index (χ0n) is 11.6. The van der Waals surface area contributed by atoms with Gasteiger partial charge in [0, 0.05) is 23.7 Å². The molecule has 3 nitrogen and oxygen atoms in total. The van der Waals surface area contributed by atoms with E-state index in [2.05, 4.69) is 39.4 Å². The van der Waals surface area contributed by atoms with Crippen LogP contribution in [0.2, 0.25) is 0 Å². The Morgan fingerprint density at radius 2 is 2.20 bits per heavy atom. The molecule has 0 radical (unpaired) electrons. The number of benzene rings is 1. The number of rotatable bonds is 7. The molecule has 0 heterocycles. The molecule has 0 aromatic heterocycles. The van der Waals surface area contributed by atoms with E-state index in [0.717, 1.165) is 25.4 Å². The van der Waals surface area contributed by atoms with Crippen LogP contribution in [0.15, 0.2) is 22.7 Å². The highest BCUT2D eigenvalue weighted by atomic mass is 79.9. The maximum atomic E-state index is 9.95. The van der Waals surface area contributed by atoms with E-state index >= 15 is 0 Å². The largest absolute Gasteiger partial charge is 0.389 e. The van der Waals surface area contributed by atoms with Crippen LogP contribution in [0.5, 0.6) is 0 Å². The lowest BCUT2D eigenvalue weighted by atomic mass is 10.1. The van der Waals surface area contributed by atoms with Crippen LogP contribution in [0.3, 0.4) is 0 Å². The Morgan fingerprint density at radius 1 is 1.35 bits per heavy atom. The Labute approximate surface area is 128 Å². The third-order valence-corrected chi connectivity index (χ3v) is 4.92. The summed E-state index contributed by atoms with van der Waals surface area (Å²) in [6, 6.07) is 6.72. The molecule has 110 valence electrons. The van der Waals surface area contributed by atoms with Crippen molar-refractivity contribution in [1.29, 1.82) is 0 Å². The molecule has 2 atom stereocenters. The molecule has 4 heteroatoms. The summed E-state index contributed by atoms with van der Waals surface area (Å²) in [7, 11) is 0. The maximum absolute atomic E-state index is 9.95. The summed E-state index contributed by atoms with van der Waals surface area (Å²) in [4.78, 5) is 0. The van der Waals surface area contributed by atoms with Gasteiger partial charge >= 0.3 is 0 Å². The summed E-state index contributed by atoms with van der Waals surface area (Å²) < 4.78 is 6.73. The van der Waals surface area contributed by atoms with E-state index in [1.54, 1.807) is 0 Å². The molecule has 1 aromatic carbocycles. The second-order valence-corrected chi connectivity index (χ2v) is 6.80. The Hall–Kier alpha value is -0.420. The first kappa shape index (κ1) is 14.5. The average molecular weight is 340 g/mol. The first-order valence-electron chi connectivity index (χ1n) is 7.50. The molecule has 2 aliphatic rings. The molecule has 1 fully saturated rings. The molecule has 0 saturated heterocycles. The zero-order chi connectivity index (χ0) is 13.9. The summed E-state index contributed by atoms with van der Waals surface area (Å²) >= 11 is 3.61. The number of ether oxygens (including phenoxy) is 1. The fraction of sp³-hybridized carbons (Fsp3) is 0.625. The van der Waals surface area contributed by atoms with Crippen LogP contribution in [0.25, 0.3) is 0 Å². The van der Waals surface area contributed by atoms with Gasteiger partial charge in [0.1, 0.15) is 0 Å². The summed E-state index contributed by atoms with van der Waals surface area (Å²) in [6.45, 7) is 1.86. The van der Waals surface area contributed by atoms with Gasteiger partial charge in [-0.2, -0.15) is 0 Å². The van der Waals surface area contributed by atoms with E-state index in [4.69, 9.17) is 4.74 Å². The molecule has 2 unspecified atom stereocenters. The molecular weight excluding hydrogens is 318 g/mol. The number of aliphatic hydroxyl groups excluding tert-OH is 1. The average Bonchev–Trinajstić information content (AvgIpc) is 3.16. The number of hydrogen-bond acceptors (Lipinski definition) is 3. The molecule has 1 aromatic rings. The van der Waals surface area contributed by atoms with E-state index in [1.807, 2.05) is 0 Å². The number of aliphatic hydroxyl groups is 1. The van der Waals surface area contributed by atoms with E-state index in [-0.39, 0.29) is 0 Å². The number of fused-ring (bicyclic) bond motifs is 1. The Kier molecular flexibility index (Phi) is 4.76. The fourth-order valence-electron chi connectivity index (χ4n) is 2.81. The standard InChI is InChI=1S/C16H22BrNO2/c17-15-3-1-2-14-13(15)6-7-16(14)18-8-12(19)10-20-9-11-4-5-11/h1-3,11-12,16,18-19H,4-10H2. The van der Waals surface area contributed by atoms with E-state index in [0.29, 0.717) is 19.2 Å². The Balaban J connectivity index is 1.44. The molecule has 20 heavy (non-hydrogen) atoms. The minimum Gasteiger partial charge on any atom is -0.389 e. The van der Waals surface area contributed by atoms with Gasteiger partial charge in [-0.3, -0.25) is 0 Å². The van der Waals surface area contributed by atoms with Gasteiger partial charge < -0.3 is 15.2 Å². The van der Waals surface area contributed by atoms with Crippen molar-refractivity contribution in [1.82, 2.24) is 5.32 Å². The molecule has 1 saturated carbocycles. The maximum Gasteiger partial charge on any atom is 0.0897 e. The van der Waals surface area contributed by atoms with Crippen LogP contribution in [-0.2, 0) is 11.2 Å². The topological polar surface area (TPSA) is 41.5 Å². The van der Waals surface area contributed by atoms with Crippen LogP contribution >= 0.6 is 15.9 Å². The van der Waals surface area contributed by atoms with E-state index in [9.17, 15) is 5.11 Å². The smallest absolute Gasteiger partial charge is 0.0897 e. The summed E-state index contributed by atoms with van der Waals surface area (Å²) in [6.07, 6.45) is 4.38. The number of halogens is 1. The van der Waals surface area contributed by atoms with Crippen LogP contribution in [-0.4, -0.2) is 31.0 Å². The van der Waals surface area contributed by atoms with Crippen LogP contribution in [0.4, 0.5) is 0 Å². The van der Waals surface area contributed by atoms with E-state index < -0.39 is 6.10 Å². The van der Waals surface area contributed by atoms with Crippen molar-refractivity contribution < 1.29 is 9.84 Å². The molecule has 2 aliphatic carbocycles. The fourth-order valence-corrected chi connectivity index (χ4v) is 3.39.